The molecule has 0 unspecified atom stereocenters. The van der Waals surface area contributed by atoms with Gasteiger partial charge in [-0.3, -0.25) is 0 Å². The van der Waals surface area contributed by atoms with Crippen molar-refractivity contribution in [1.29, 1.82) is 0 Å². The van der Waals surface area contributed by atoms with Gasteiger partial charge in [-0.25, -0.2) is 0 Å². The molecule has 1 aliphatic carbocycles. The molecule has 5 nitrogen and oxygen atoms in total. The largest absolute Gasteiger partial charge is 0.456 e. The van der Waals surface area contributed by atoms with Gasteiger partial charge in [0.1, 0.15) is 22.3 Å². The van der Waals surface area contributed by atoms with Crippen molar-refractivity contribution in [1.82, 2.24) is 0 Å². The second kappa shape index (κ2) is 18.4. The Labute approximate surface area is 483 Å². The lowest BCUT2D eigenvalue weighted by molar-refractivity contribution is 0.332. The molecule has 0 amide bonds. The van der Waals surface area contributed by atoms with Crippen LogP contribution in [0.1, 0.15) is 57.2 Å². The third kappa shape index (κ3) is 7.63. The molecule has 3 aliphatic rings. The van der Waals surface area contributed by atoms with E-state index < -0.39 is 0 Å². The highest BCUT2D eigenvalue weighted by atomic mass is 32.2. The number of aryl methyl sites for hydroxylation is 1. The first-order chi connectivity index (χ1) is 40.0. The van der Waals surface area contributed by atoms with Gasteiger partial charge in [-0.15, -0.1) is 0 Å². The molecule has 0 bridgehead atoms. The molecule has 2 aliphatic heterocycles. The molecule has 0 fully saturated rings. The Kier molecular flexibility index (Phi) is 11.0. The second-order valence-corrected chi connectivity index (χ2v) is 25.0. The number of hydrogen-bond acceptors (Lipinski definition) is 6. The Morgan fingerprint density at radius 1 is 0.415 bits per heavy atom. The summed E-state index contributed by atoms with van der Waals surface area (Å²) in [6.45, 7) is 11.9. The number of benzene rings is 11. The molecule has 4 heterocycles. The highest BCUT2D eigenvalue weighted by molar-refractivity contribution is 8.00. The van der Waals surface area contributed by atoms with Crippen LogP contribution in [0.4, 0.5) is 51.2 Å². The number of anilines is 9. The summed E-state index contributed by atoms with van der Waals surface area (Å²) in [5.74, 6) is 0. The van der Waals surface area contributed by atoms with Crippen LogP contribution < -0.4 is 31.1 Å². The van der Waals surface area contributed by atoms with Crippen LogP contribution in [-0.2, 0) is 10.8 Å². The summed E-state index contributed by atoms with van der Waals surface area (Å²) in [7, 11) is 0. The zero-order valence-electron chi connectivity index (χ0n) is 46.6. The summed E-state index contributed by atoms with van der Waals surface area (Å²) in [6, 6.07) is 87.2. The first kappa shape index (κ1) is 48.7. The first-order valence-electron chi connectivity index (χ1n) is 28.7. The van der Waals surface area contributed by atoms with Crippen LogP contribution in [0.15, 0.2) is 255 Å². The minimum absolute atomic E-state index is 0.00419. The maximum Gasteiger partial charge on any atom is 0.249 e. The molecule has 16 rings (SSSR count). The normalized spacial score (nSPS) is 14.6. The molecule has 2 aromatic heterocycles. The average molecular weight is 1080 g/mol. The van der Waals surface area contributed by atoms with E-state index in [1.54, 1.807) is 0 Å². The van der Waals surface area contributed by atoms with Crippen molar-refractivity contribution in [2.75, 3.05) is 14.7 Å². The summed E-state index contributed by atoms with van der Waals surface area (Å²) < 4.78 is 13.3. The van der Waals surface area contributed by atoms with Crippen LogP contribution in [-0.4, -0.2) is 6.71 Å². The highest BCUT2D eigenvalue weighted by Gasteiger charge is 2.45. The van der Waals surface area contributed by atoms with Crippen LogP contribution in [0, 0.1) is 6.92 Å². The van der Waals surface area contributed by atoms with Gasteiger partial charge in [0.2, 0.25) is 6.71 Å². The smallest absolute Gasteiger partial charge is 0.249 e. The second-order valence-electron chi connectivity index (χ2n) is 23.9. The molecular weight excluding hydrogens is 1020 g/mol. The van der Waals surface area contributed by atoms with Crippen molar-refractivity contribution in [2.45, 2.75) is 68.1 Å². The SMILES string of the molecule is Cc1ccc2c(c1)oc1ccc3oc4ccc(-c5cc6c7c(c5)N(c5cccc8c5C(C)(C)CCC8(C)C)c5cc(N(c8ccccc8)c8ccccc8)ccc5B7c5ccc(N(c7ccccc7)c7ccccc7)cc5S6)cc4c3c12. The summed E-state index contributed by atoms with van der Waals surface area (Å²) in [5.41, 5.74) is 23.9. The minimum Gasteiger partial charge on any atom is -0.456 e. The number of hydrogen-bond donors (Lipinski definition) is 0. The van der Waals surface area contributed by atoms with Gasteiger partial charge in [0.25, 0.3) is 0 Å². The lowest BCUT2D eigenvalue weighted by Crippen LogP contribution is -2.60. The topological polar surface area (TPSA) is 36.0 Å². The maximum atomic E-state index is 6.72. The Morgan fingerprint density at radius 3 is 1.63 bits per heavy atom. The standard InChI is InChI=1S/C75H58BN3O2S/c1-47-29-33-56-67(41-47)81-65-37-38-66-71(70(56)65)57-42-48(30-36-64(57)80-66)49-43-63-73-69(44-49)82-68-46-55(78(52-23-14-8-15-24-52)53-25-16-9-17-26-53)32-35-60(68)76(73)59-34-31-54(77(50-19-10-6-11-20-50)51-21-12-7-13-22-51)45-62(59)79(63)61-28-18-27-58-72(61)75(4,5)40-39-74(58,2)3/h6-38,41-46H,39-40H2,1-5H3. The number of furan rings is 2. The van der Waals surface area contributed by atoms with Crippen LogP contribution in [0.25, 0.3) is 55.0 Å². The third-order valence-corrected chi connectivity index (χ3v) is 19.1. The predicted octanol–water partition coefficient (Wildman–Crippen LogP) is 19.5. The molecule has 7 heteroatoms. The van der Waals surface area contributed by atoms with E-state index in [0.29, 0.717) is 0 Å². The van der Waals surface area contributed by atoms with Gasteiger partial charge in [0, 0.05) is 76.8 Å². The molecule has 0 radical (unpaired) electrons. The first-order valence-corrected chi connectivity index (χ1v) is 29.5. The third-order valence-electron chi connectivity index (χ3n) is 17.9. The van der Waals surface area contributed by atoms with Crippen LogP contribution in [0.2, 0.25) is 0 Å². The predicted molar refractivity (Wildman–Crippen MR) is 346 cm³/mol. The quantitative estimate of drug-likeness (QED) is 0.141. The van der Waals surface area contributed by atoms with Crippen molar-refractivity contribution in [3.05, 3.63) is 253 Å². The summed E-state index contributed by atoms with van der Waals surface area (Å²) in [6.07, 6.45) is 2.22. The summed E-state index contributed by atoms with van der Waals surface area (Å²) in [4.78, 5) is 9.97. The van der Waals surface area contributed by atoms with Crippen LogP contribution >= 0.6 is 11.8 Å². The fourth-order valence-corrected chi connectivity index (χ4v) is 15.2. The minimum atomic E-state index is -0.0936. The van der Waals surface area contributed by atoms with Crippen LogP contribution in [0.3, 0.4) is 0 Å². The van der Waals surface area contributed by atoms with Gasteiger partial charge in [0.15, 0.2) is 0 Å². The van der Waals surface area contributed by atoms with Gasteiger partial charge in [-0.2, -0.15) is 0 Å². The van der Waals surface area contributed by atoms with Crippen molar-refractivity contribution < 1.29 is 8.83 Å². The van der Waals surface area contributed by atoms with E-state index in [9.17, 15) is 0 Å². The van der Waals surface area contributed by atoms with Gasteiger partial charge in [0.05, 0.1) is 5.69 Å². The van der Waals surface area contributed by atoms with E-state index in [0.717, 1.165) is 102 Å². The van der Waals surface area contributed by atoms with Gasteiger partial charge in [-0.1, -0.05) is 160 Å². The van der Waals surface area contributed by atoms with E-state index in [4.69, 9.17) is 8.83 Å². The van der Waals surface area contributed by atoms with Crippen molar-refractivity contribution in [2.24, 2.45) is 0 Å². The van der Waals surface area contributed by atoms with Crippen molar-refractivity contribution >= 4 is 130 Å². The molecule has 82 heavy (non-hydrogen) atoms. The highest BCUT2D eigenvalue weighted by Crippen LogP contribution is 2.54. The lowest BCUT2D eigenvalue weighted by Gasteiger charge is -2.47. The summed E-state index contributed by atoms with van der Waals surface area (Å²) in [5, 5.41) is 4.34. The maximum absolute atomic E-state index is 6.72. The van der Waals surface area contributed by atoms with E-state index in [2.05, 4.69) is 286 Å². The number of nitrogens with zero attached hydrogens (tertiary/aromatic N) is 3. The fraction of sp³-hybridized carbons (Fsp3) is 0.120. The Balaban J connectivity index is 0.981. The van der Waals surface area contributed by atoms with E-state index >= 15 is 0 Å². The van der Waals surface area contributed by atoms with Crippen molar-refractivity contribution in [3.63, 3.8) is 0 Å². The van der Waals surface area contributed by atoms with Gasteiger partial charge < -0.3 is 23.5 Å². The molecule has 13 aromatic rings. The zero-order chi connectivity index (χ0) is 55.0. The van der Waals surface area contributed by atoms with Crippen molar-refractivity contribution in [3.8, 4) is 11.1 Å². The Morgan fingerprint density at radius 2 is 0.988 bits per heavy atom. The number of rotatable bonds is 8. The Bertz CT molecular complexity index is 4620. The molecule has 11 aromatic carbocycles. The molecule has 394 valence electrons. The Hall–Kier alpha value is -9.17. The summed E-state index contributed by atoms with van der Waals surface area (Å²) >= 11 is 1.90. The average Bonchev–Trinajstić information content (AvgIpc) is 3.20. The number of fused-ring (bicyclic) bond motifs is 12. The monoisotopic (exact) mass is 1080 g/mol. The van der Waals surface area contributed by atoms with E-state index in [-0.39, 0.29) is 17.5 Å². The van der Waals surface area contributed by atoms with E-state index in [1.807, 2.05) is 11.8 Å². The molecule has 0 saturated heterocycles. The molecule has 0 atom stereocenters. The van der Waals surface area contributed by atoms with Crippen LogP contribution in [0.5, 0.6) is 0 Å². The molecule has 0 N–H and O–H groups in total. The van der Waals surface area contributed by atoms with E-state index in [1.165, 1.54) is 59.9 Å². The zero-order valence-corrected chi connectivity index (χ0v) is 47.4. The van der Waals surface area contributed by atoms with Gasteiger partial charge in [-0.05, 0) is 191 Å². The van der Waals surface area contributed by atoms with Gasteiger partial charge >= 0.3 is 0 Å². The molecular formula is C75H58BN3O2S. The molecule has 0 spiro atoms. The fourth-order valence-electron chi connectivity index (χ4n) is 13.9. The molecule has 0 saturated carbocycles. The lowest BCUT2D eigenvalue weighted by atomic mass is 9.34. The number of para-hydroxylation sites is 4.